The lowest BCUT2D eigenvalue weighted by atomic mass is 10.1. The van der Waals surface area contributed by atoms with Crippen molar-refractivity contribution in [3.8, 4) is 11.5 Å². The van der Waals surface area contributed by atoms with Gasteiger partial charge in [-0.2, -0.15) is 8.78 Å². The van der Waals surface area contributed by atoms with E-state index in [4.69, 9.17) is 4.74 Å². The molecule has 0 aliphatic carbocycles. The molecule has 9 heteroatoms. The molecular formula is C18H28F2N3O4+. The summed E-state index contributed by atoms with van der Waals surface area (Å²) >= 11 is 0. The number of rotatable bonds is 11. The van der Waals surface area contributed by atoms with Gasteiger partial charge in [0.15, 0.2) is 24.6 Å². The van der Waals surface area contributed by atoms with Crippen LogP contribution in [0.15, 0.2) is 18.2 Å². The molecule has 7 nitrogen and oxygen atoms in total. The van der Waals surface area contributed by atoms with Crippen LogP contribution in [-0.2, 0) is 16.0 Å². The minimum absolute atomic E-state index is 0.0369. The topological polar surface area (TPSA) is 81.1 Å². The summed E-state index contributed by atoms with van der Waals surface area (Å²) in [5.74, 6) is -0.104. The van der Waals surface area contributed by atoms with Gasteiger partial charge >= 0.3 is 6.61 Å². The highest BCUT2D eigenvalue weighted by molar-refractivity contribution is 5.79. The molecule has 0 fully saturated rings. The second-order valence-electron chi connectivity index (χ2n) is 6.50. The molecule has 27 heavy (non-hydrogen) atoms. The number of carbonyl (C=O) groups excluding carboxylic acids is 2. The monoisotopic (exact) mass is 388 g/mol. The maximum Gasteiger partial charge on any atom is 0.387 e. The molecule has 2 amide bonds. The number of hydrogen-bond acceptors (Lipinski definition) is 4. The van der Waals surface area contributed by atoms with Gasteiger partial charge in [-0.05, 0) is 38.0 Å². The van der Waals surface area contributed by atoms with Crippen LogP contribution in [-0.4, -0.2) is 58.3 Å². The summed E-state index contributed by atoms with van der Waals surface area (Å²) in [5, 5.41) is 5.55. The van der Waals surface area contributed by atoms with Gasteiger partial charge in [-0.15, -0.1) is 0 Å². The maximum absolute atomic E-state index is 12.3. The van der Waals surface area contributed by atoms with Crippen molar-refractivity contribution in [3.63, 3.8) is 0 Å². The summed E-state index contributed by atoms with van der Waals surface area (Å²) in [7, 11) is 3.14. The number of likely N-dealkylation sites (N-methyl/N-ethyl adjacent to an activating group) is 1. The fraction of sp³-hybridized carbons (Fsp3) is 0.556. The maximum atomic E-state index is 12.3. The third kappa shape index (κ3) is 9.18. The molecule has 1 aromatic carbocycles. The van der Waals surface area contributed by atoms with Crippen LogP contribution in [0, 0.1) is 0 Å². The van der Waals surface area contributed by atoms with Crippen molar-refractivity contribution in [2.75, 3.05) is 33.8 Å². The number of halogens is 2. The Morgan fingerprint density at radius 2 is 1.81 bits per heavy atom. The predicted octanol–water partition coefficient (Wildman–Crippen LogP) is -0.00540. The zero-order valence-electron chi connectivity index (χ0n) is 16.1. The van der Waals surface area contributed by atoms with Gasteiger partial charge in [-0.3, -0.25) is 9.59 Å². The highest BCUT2D eigenvalue weighted by Crippen LogP contribution is 2.29. The zero-order valence-corrected chi connectivity index (χ0v) is 16.1. The van der Waals surface area contributed by atoms with Crippen LogP contribution < -0.4 is 25.0 Å². The lowest BCUT2D eigenvalue weighted by Crippen LogP contribution is -3.11. The van der Waals surface area contributed by atoms with Crippen LogP contribution in [0.5, 0.6) is 11.5 Å². The first-order valence-corrected chi connectivity index (χ1v) is 8.70. The zero-order chi connectivity index (χ0) is 20.4. The van der Waals surface area contributed by atoms with E-state index in [9.17, 15) is 18.4 Å². The summed E-state index contributed by atoms with van der Waals surface area (Å²) in [5.41, 5.74) is 0.811. The molecule has 0 saturated heterocycles. The van der Waals surface area contributed by atoms with Crippen molar-refractivity contribution in [3.05, 3.63) is 23.8 Å². The van der Waals surface area contributed by atoms with E-state index in [1.807, 2.05) is 13.8 Å². The van der Waals surface area contributed by atoms with E-state index in [-0.39, 0.29) is 42.4 Å². The highest BCUT2D eigenvalue weighted by atomic mass is 19.3. The minimum atomic E-state index is -2.92. The molecule has 0 aliphatic heterocycles. The lowest BCUT2D eigenvalue weighted by Gasteiger charge is -2.15. The summed E-state index contributed by atoms with van der Waals surface area (Å²) in [6.07, 6.45) is 0.504. The Morgan fingerprint density at radius 3 is 2.41 bits per heavy atom. The van der Waals surface area contributed by atoms with Gasteiger partial charge in [0, 0.05) is 12.6 Å². The number of amides is 2. The Labute approximate surface area is 158 Å². The number of hydrogen-bond donors (Lipinski definition) is 3. The van der Waals surface area contributed by atoms with E-state index in [1.165, 1.54) is 13.2 Å². The molecule has 0 aliphatic rings. The molecule has 1 aromatic rings. The molecule has 1 atom stereocenters. The predicted molar refractivity (Wildman–Crippen MR) is 96.2 cm³/mol. The van der Waals surface area contributed by atoms with Gasteiger partial charge in [0.25, 0.3) is 11.8 Å². The van der Waals surface area contributed by atoms with Crippen molar-refractivity contribution in [1.82, 2.24) is 10.6 Å². The molecular weight excluding hydrogens is 360 g/mol. The van der Waals surface area contributed by atoms with Crippen LogP contribution in [0.1, 0.15) is 19.4 Å². The molecule has 0 spiro atoms. The van der Waals surface area contributed by atoms with Gasteiger partial charge in [-0.1, -0.05) is 6.07 Å². The first kappa shape index (κ1) is 22.6. The normalized spacial score (nSPS) is 12.0. The van der Waals surface area contributed by atoms with E-state index >= 15 is 0 Å². The average Bonchev–Trinajstić information content (AvgIpc) is 2.54. The van der Waals surface area contributed by atoms with Crippen LogP contribution in [0.3, 0.4) is 0 Å². The molecule has 3 N–H and O–H groups in total. The van der Waals surface area contributed by atoms with Gasteiger partial charge < -0.3 is 25.0 Å². The Hall–Kier alpha value is -2.42. The van der Waals surface area contributed by atoms with E-state index in [2.05, 4.69) is 15.4 Å². The number of quaternary nitrogens is 1. The first-order valence-electron chi connectivity index (χ1n) is 8.70. The van der Waals surface area contributed by atoms with E-state index < -0.39 is 6.61 Å². The summed E-state index contributed by atoms with van der Waals surface area (Å²) in [4.78, 5) is 24.4. The molecule has 1 unspecified atom stereocenters. The van der Waals surface area contributed by atoms with E-state index in [1.54, 1.807) is 19.2 Å². The average molecular weight is 388 g/mol. The first-order chi connectivity index (χ1) is 12.7. The van der Waals surface area contributed by atoms with Crippen LogP contribution in [0.4, 0.5) is 8.78 Å². The molecule has 152 valence electrons. The Bertz CT molecular complexity index is 627. The molecule has 0 aromatic heterocycles. The van der Waals surface area contributed by atoms with Crippen LogP contribution in [0.2, 0.25) is 0 Å². The second kappa shape index (κ2) is 11.3. The fourth-order valence-electron chi connectivity index (χ4n) is 2.45. The Kier molecular flexibility index (Phi) is 9.49. The second-order valence-corrected chi connectivity index (χ2v) is 6.50. The number of methoxy groups -OCH3 is 1. The van der Waals surface area contributed by atoms with Gasteiger partial charge in [0.05, 0.1) is 14.2 Å². The van der Waals surface area contributed by atoms with Crippen molar-refractivity contribution < 1.29 is 32.7 Å². The third-order valence-electron chi connectivity index (χ3n) is 3.55. The SMILES string of the molecule is COc1cc(CCNC(=O)C[NH+](C)CC(=O)NC(C)C)ccc1OC(F)F. The Balaban J connectivity index is 2.41. The van der Waals surface area contributed by atoms with Crippen LogP contribution >= 0.6 is 0 Å². The third-order valence-corrected chi connectivity index (χ3v) is 3.55. The van der Waals surface area contributed by atoms with Gasteiger partial charge in [-0.25, -0.2) is 0 Å². The van der Waals surface area contributed by atoms with Crippen LogP contribution in [0.25, 0.3) is 0 Å². The fourth-order valence-corrected chi connectivity index (χ4v) is 2.45. The van der Waals surface area contributed by atoms with Crippen molar-refractivity contribution >= 4 is 11.8 Å². The summed E-state index contributed by atoms with van der Waals surface area (Å²) in [6.45, 7) is 1.60. The largest absolute Gasteiger partial charge is 0.493 e. The quantitative estimate of drug-likeness (QED) is 0.498. The number of carbonyl (C=O) groups is 2. The molecule has 0 saturated carbocycles. The van der Waals surface area contributed by atoms with Gasteiger partial charge in [0.2, 0.25) is 0 Å². The highest BCUT2D eigenvalue weighted by Gasteiger charge is 2.15. The standard InChI is InChI=1S/C18H27F2N3O4/c1-12(2)22-17(25)11-23(3)10-16(24)21-8-7-13-5-6-14(27-18(19)20)15(9-13)26-4/h5-6,9,12,18H,7-8,10-11H2,1-4H3,(H,21,24)(H,22,25)/p+1. The van der Waals surface area contributed by atoms with Crippen molar-refractivity contribution in [2.24, 2.45) is 0 Å². The number of alkyl halides is 2. The number of nitrogens with one attached hydrogen (secondary N) is 3. The molecule has 0 radical (unpaired) electrons. The van der Waals surface area contributed by atoms with Crippen molar-refractivity contribution in [2.45, 2.75) is 32.9 Å². The lowest BCUT2D eigenvalue weighted by molar-refractivity contribution is -0.862. The Morgan fingerprint density at radius 1 is 1.15 bits per heavy atom. The summed E-state index contributed by atoms with van der Waals surface area (Å²) < 4.78 is 34.1. The van der Waals surface area contributed by atoms with E-state index in [0.29, 0.717) is 13.0 Å². The van der Waals surface area contributed by atoms with E-state index in [0.717, 1.165) is 10.5 Å². The number of benzene rings is 1. The summed E-state index contributed by atoms with van der Waals surface area (Å²) in [6, 6.07) is 4.71. The van der Waals surface area contributed by atoms with Gasteiger partial charge in [0.1, 0.15) is 0 Å². The number of ether oxygens (including phenoxy) is 2. The smallest absolute Gasteiger partial charge is 0.387 e. The van der Waals surface area contributed by atoms with Crippen molar-refractivity contribution in [1.29, 1.82) is 0 Å². The molecule has 1 rings (SSSR count). The minimum Gasteiger partial charge on any atom is -0.493 e. The molecule has 0 bridgehead atoms. The molecule has 0 heterocycles.